The number of hydrogen-bond donors (Lipinski definition) is 2. The van der Waals surface area contributed by atoms with Crippen LogP contribution in [0.25, 0.3) is 11.0 Å². The predicted octanol–water partition coefficient (Wildman–Crippen LogP) is 1.86. The van der Waals surface area contributed by atoms with Crippen LogP contribution in [0.5, 0.6) is 0 Å². The molecule has 1 atom stereocenters. The summed E-state index contributed by atoms with van der Waals surface area (Å²) in [5.74, 6) is -0.293. The van der Waals surface area contributed by atoms with Crippen LogP contribution in [0.3, 0.4) is 0 Å². The average Bonchev–Trinajstić information content (AvgIpc) is 2.67. The third kappa shape index (κ3) is 4.13. The first kappa shape index (κ1) is 18.6. The Hall–Kier alpha value is -3.22. The van der Waals surface area contributed by atoms with Gasteiger partial charge in [-0.2, -0.15) is 0 Å². The number of rotatable bonds is 6. The lowest BCUT2D eigenvalue weighted by molar-refractivity contribution is 0.0938. The molecule has 0 saturated carbocycles. The van der Waals surface area contributed by atoms with Crippen molar-refractivity contribution >= 4 is 16.9 Å². The largest absolute Gasteiger partial charge is 0.350 e. The molecule has 2 heterocycles. The van der Waals surface area contributed by atoms with Crippen LogP contribution < -0.4 is 16.6 Å². The van der Waals surface area contributed by atoms with E-state index < -0.39 is 11.2 Å². The molecule has 7 heteroatoms. The molecule has 140 valence electrons. The Kier molecular flexibility index (Phi) is 5.49. The molecule has 1 aromatic carbocycles. The van der Waals surface area contributed by atoms with Crippen molar-refractivity contribution in [1.29, 1.82) is 0 Å². The normalized spacial score (nSPS) is 12.1. The molecule has 1 amide bonds. The van der Waals surface area contributed by atoms with Gasteiger partial charge in [0.2, 0.25) is 0 Å². The molecule has 2 N–H and O–H groups in total. The second-order valence-electron chi connectivity index (χ2n) is 6.50. The third-order valence-electron chi connectivity index (χ3n) is 4.50. The van der Waals surface area contributed by atoms with Crippen molar-refractivity contribution in [2.75, 3.05) is 0 Å². The number of hydrogen-bond acceptors (Lipinski definition) is 4. The summed E-state index contributed by atoms with van der Waals surface area (Å²) in [6.45, 7) is 4.11. The zero-order chi connectivity index (χ0) is 19.4. The molecular formula is C20H22N4O3. The van der Waals surface area contributed by atoms with E-state index in [2.05, 4.69) is 27.4 Å². The van der Waals surface area contributed by atoms with Crippen molar-refractivity contribution in [2.45, 2.75) is 39.3 Å². The molecule has 0 bridgehead atoms. The molecule has 0 unspecified atom stereocenters. The number of carbonyl (C=O) groups excluding carboxylic acids is 1. The number of nitrogens with zero attached hydrogens (tertiary/aromatic N) is 2. The highest BCUT2D eigenvalue weighted by atomic mass is 16.2. The van der Waals surface area contributed by atoms with Gasteiger partial charge >= 0.3 is 5.69 Å². The van der Waals surface area contributed by atoms with E-state index in [1.54, 1.807) is 6.92 Å². The number of pyridine rings is 1. The van der Waals surface area contributed by atoms with Crippen LogP contribution in [0.2, 0.25) is 0 Å². The van der Waals surface area contributed by atoms with E-state index in [4.69, 9.17) is 0 Å². The zero-order valence-corrected chi connectivity index (χ0v) is 15.4. The fraction of sp³-hybridized carbons (Fsp3) is 0.300. The van der Waals surface area contributed by atoms with Crippen molar-refractivity contribution in [3.63, 3.8) is 0 Å². The first-order chi connectivity index (χ1) is 13.0. The van der Waals surface area contributed by atoms with E-state index in [9.17, 15) is 14.4 Å². The summed E-state index contributed by atoms with van der Waals surface area (Å²) in [6, 6.07) is 11.5. The first-order valence-electron chi connectivity index (χ1n) is 8.97. The van der Waals surface area contributed by atoms with Gasteiger partial charge in [-0.15, -0.1) is 0 Å². The van der Waals surface area contributed by atoms with Gasteiger partial charge in [0.1, 0.15) is 5.65 Å². The maximum atomic E-state index is 12.5. The summed E-state index contributed by atoms with van der Waals surface area (Å²) in [5.41, 5.74) is 0.740. The maximum absolute atomic E-state index is 12.5. The fourth-order valence-electron chi connectivity index (χ4n) is 2.99. The molecule has 0 spiro atoms. The Morgan fingerprint density at radius 1 is 1.26 bits per heavy atom. The SMILES string of the molecule is CCn1c(=O)[nH]c(=O)c2cc(C(=O)N[C@@H](C)CCc3ccccc3)cnc21. The molecule has 27 heavy (non-hydrogen) atoms. The van der Waals surface area contributed by atoms with Gasteiger partial charge in [0, 0.05) is 18.8 Å². The number of amides is 1. The van der Waals surface area contributed by atoms with E-state index >= 15 is 0 Å². The minimum atomic E-state index is -0.543. The van der Waals surface area contributed by atoms with Crippen molar-refractivity contribution in [3.8, 4) is 0 Å². The summed E-state index contributed by atoms with van der Waals surface area (Å²) >= 11 is 0. The minimum absolute atomic E-state index is 0.0312. The average molecular weight is 366 g/mol. The lowest BCUT2D eigenvalue weighted by Crippen LogP contribution is -2.34. The molecule has 0 aliphatic carbocycles. The van der Waals surface area contributed by atoms with Crippen molar-refractivity contribution in [1.82, 2.24) is 19.9 Å². The first-order valence-corrected chi connectivity index (χ1v) is 8.97. The standard InChI is InChI=1S/C20H22N4O3/c1-3-24-17-16(19(26)23-20(24)27)11-15(12-21-17)18(25)22-13(2)9-10-14-7-5-4-6-8-14/h4-8,11-13H,3,9-10H2,1-2H3,(H,22,25)(H,23,26,27)/t13-/m0/s1. The van der Waals surface area contributed by atoms with Gasteiger partial charge in [-0.25, -0.2) is 9.78 Å². The predicted molar refractivity (Wildman–Crippen MR) is 104 cm³/mol. The molecule has 7 nitrogen and oxygen atoms in total. The van der Waals surface area contributed by atoms with Gasteiger partial charge in [0.15, 0.2) is 0 Å². The van der Waals surface area contributed by atoms with Crippen molar-refractivity contribution < 1.29 is 4.79 Å². The number of aromatic amines is 1. The topological polar surface area (TPSA) is 96.9 Å². The summed E-state index contributed by atoms with van der Waals surface area (Å²) in [5, 5.41) is 3.15. The van der Waals surface area contributed by atoms with Crippen LogP contribution in [0.4, 0.5) is 0 Å². The highest BCUT2D eigenvalue weighted by molar-refractivity contribution is 5.96. The summed E-state index contributed by atoms with van der Waals surface area (Å²) in [4.78, 5) is 42.9. The second kappa shape index (κ2) is 7.99. The second-order valence-corrected chi connectivity index (χ2v) is 6.50. The number of benzene rings is 1. The summed E-state index contributed by atoms with van der Waals surface area (Å²) in [7, 11) is 0. The molecule has 0 radical (unpaired) electrons. The summed E-state index contributed by atoms with van der Waals surface area (Å²) in [6.07, 6.45) is 3.06. The fourth-order valence-corrected chi connectivity index (χ4v) is 2.99. The van der Waals surface area contributed by atoms with Gasteiger partial charge < -0.3 is 5.32 Å². The molecule has 0 aliphatic heterocycles. The van der Waals surface area contributed by atoms with Gasteiger partial charge in [0.25, 0.3) is 11.5 Å². The van der Waals surface area contributed by atoms with Crippen LogP contribution >= 0.6 is 0 Å². The highest BCUT2D eigenvalue weighted by Gasteiger charge is 2.14. The van der Waals surface area contributed by atoms with Crippen LogP contribution in [-0.2, 0) is 13.0 Å². The van der Waals surface area contributed by atoms with E-state index in [0.717, 1.165) is 12.8 Å². The van der Waals surface area contributed by atoms with Gasteiger partial charge in [-0.1, -0.05) is 30.3 Å². The molecule has 0 fully saturated rings. The van der Waals surface area contributed by atoms with E-state index in [1.165, 1.54) is 22.4 Å². The number of aryl methyl sites for hydroxylation is 2. The number of H-pyrrole nitrogens is 1. The molecule has 0 saturated heterocycles. The van der Waals surface area contributed by atoms with E-state index in [0.29, 0.717) is 12.1 Å². The molecular weight excluding hydrogens is 344 g/mol. The van der Waals surface area contributed by atoms with Crippen molar-refractivity contribution in [3.05, 3.63) is 74.6 Å². The molecule has 2 aromatic heterocycles. The highest BCUT2D eigenvalue weighted by Crippen LogP contribution is 2.09. The quantitative estimate of drug-likeness (QED) is 0.696. The maximum Gasteiger partial charge on any atom is 0.329 e. The van der Waals surface area contributed by atoms with Crippen molar-refractivity contribution in [2.24, 2.45) is 0 Å². The van der Waals surface area contributed by atoms with Gasteiger partial charge in [-0.3, -0.25) is 19.1 Å². The Balaban J connectivity index is 1.75. The number of fused-ring (bicyclic) bond motifs is 1. The van der Waals surface area contributed by atoms with Crippen LogP contribution in [-0.4, -0.2) is 26.5 Å². The Labute approximate surface area is 156 Å². The smallest absolute Gasteiger partial charge is 0.329 e. The van der Waals surface area contributed by atoms with E-state index in [1.807, 2.05) is 25.1 Å². The van der Waals surface area contributed by atoms with Gasteiger partial charge in [-0.05, 0) is 38.3 Å². The molecule has 0 aliphatic rings. The lowest BCUT2D eigenvalue weighted by Gasteiger charge is -2.14. The zero-order valence-electron chi connectivity index (χ0n) is 15.4. The van der Waals surface area contributed by atoms with Gasteiger partial charge in [0.05, 0.1) is 10.9 Å². The summed E-state index contributed by atoms with van der Waals surface area (Å²) < 4.78 is 1.36. The Morgan fingerprint density at radius 3 is 2.70 bits per heavy atom. The lowest BCUT2D eigenvalue weighted by atomic mass is 10.1. The van der Waals surface area contributed by atoms with Crippen LogP contribution in [0.15, 0.2) is 52.2 Å². The number of aromatic nitrogens is 3. The number of carbonyl (C=O) groups is 1. The minimum Gasteiger partial charge on any atom is -0.350 e. The Bertz CT molecular complexity index is 1070. The Morgan fingerprint density at radius 2 is 2.00 bits per heavy atom. The number of nitrogens with one attached hydrogen (secondary N) is 2. The molecule has 3 aromatic rings. The van der Waals surface area contributed by atoms with E-state index in [-0.39, 0.29) is 23.0 Å². The molecule has 3 rings (SSSR count). The third-order valence-corrected chi connectivity index (χ3v) is 4.50. The monoisotopic (exact) mass is 366 g/mol. The van der Waals surface area contributed by atoms with Crippen LogP contribution in [0, 0.1) is 0 Å². The van der Waals surface area contributed by atoms with Crippen LogP contribution in [0.1, 0.15) is 36.2 Å².